The van der Waals surface area contributed by atoms with Crippen molar-refractivity contribution in [3.05, 3.63) is 67.3 Å². The highest BCUT2D eigenvalue weighted by atomic mass is 32.2. The first-order chi connectivity index (χ1) is 26.6. The van der Waals surface area contributed by atoms with E-state index in [1.54, 1.807) is 20.8 Å². The molecule has 0 radical (unpaired) electrons. The van der Waals surface area contributed by atoms with E-state index in [9.17, 15) is 27.6 Å². The van der Waals surface area contributed by atoms with E-state index >= 15 is 0 Å². The molecule has 3 saturated carbocycles. The summed E-state index contributed by atoms with van der Waals surface area (Å²) in [6, 6.07) is 14.8. The minimum absolute atomic E-state index is 0.0215. The molecule has 296 valence electrons. The normalized spacial score (nSPS) is 27.3. The Morgan fingerprint density at radius 3 is 2.48 bits per heavy atom. The molecule has 4 amide bonds. The van der Waals surface area contributed by atoms with Gasteiger partial charge in [-0.25, -0.2) is 18.2 Å². The molecule has 3 N–H and O–H groups in total. The zero-order valence-corrected chi connectivity index (χ0v) is 32.5. The molecule has 3 aliphatic carbocycles. The van der Waals surface area contributed by atoms with Crippen LogP contribution in [0, 0.1) is 16.7 Å². The van der Waals surface area contributed by atoms with E-state index in [2.05, 4.69) is 21.9 Å². The summed E-state index contributed by atoms with van der Waals surface area (Å²) >= 11 is 0. The van der Waals surface area contributed by atoms with Gasteiger partial charge in [0.15, 0.2) is 0 Å². The van der Waals surface area contributed by atoms with Gasteiger partial charge < -0.3 is 29.7 Å². The van der Waals surface area contributed by atoms with Gasteiger partial charge in [0, 0.05) is 28.7 Å². The number of cyclic esters (lactones) is 1. The lowest BCUT2D eigenvalue weighted by atomic mass is 9.85. The molecule has 5 aliphatic rings. The SMILES string of the molecule is C=C[C@@H]1CC1(NC(=O)[C@@H]1CC2CN1C(=O)[C@H](C(C)(C)C)NC(=O)OCC1(CC1)COc1cccc(c1)-c1nc3ccccc3cc1O2)C(=O)NS(=O)(=O)C1CC1. The number of carbonyl (C=O) groups is 4. The number of benzene rings is 2. The molecule has 1 spiro atoms. The highest BCUT2D eigenvalue weighted by Crippen LogP contribution is 2.47. The molecule has 14 nitrogen and oxygen atoms in total. The van der Waals surface area contributed by atoms with Crippen molar-refractivity contribution in [1.29, 1.82) is 0 Å². The molecule has 8 rings (SSSR count). The summed E-state index contributed by atoms with van der Waals surface area (Å²) in [4.78, 5) is 62.5. The third-order valence-electron chi connectivity index (χ3n) is 11.6. The number of sulfonamides is 1. The third-order valence-corrected chi connectivity index (χ3v) is 13.4. The van der Waals surface area contributed by atoms with Crippen molar-refractivity contribution in [3.63, 3.8) is 0 Å². The summed E-state index contributed by atoms with van der Waals surface area (Å²) in [5.41, 5.74) is -0.727. The maximum Gasteiger partial charge on any atom is 0.407 e. The highest BCUT2D eigenvalue weighted by Gasteiger charge is 2.62. The second-order valence-corrected chi connectivity index (χ2v) is 19.0. The number of amides is 4. The summed E-state index contributed by atoms with van der Waals surface area (Å²) in [7, 11) is -3.91. The van der Waals surface area contributed by atoms with Crippen molar-refractivity contribution < 1.29 is 41.8 Å². The molecule has 3 aromatic rings. The standard InChI is InChI=1S/C41H47N5O9S/c1-5-26-20-41(26,37(49)45-56(51,52)29-13-14-29)44-35(47)31-19-28-21-46(31)36(48)34(39(2,3)4)43-38(50)54-23-40(15-16-40)22-53-27-11-8-10-25(17-27)33-32(55-28)18-24-9-6-7-12-30(24)42-33/h5-12,17-18,26,28-29,31,34H,1,13-16,19-23H2,2-4H3,(H,43,50)(H,44,47)(H,45,49)/t26-,28?,31+,34-,41?/m1/s1. The second kappa shape index (κ2) is 13.8. The first-order valence-electron chi connectivity index (χ1n) is 19.1. The number of aromatic nitrogens is 1. The Hall–Kier alpha value is -5.18. The number of carbonyl (C=O) groups excluding carboxylic acids is 4. The summed E-state index contributed by atoms with van der Waals surface area (Å²) in [6.07, 6.45) is 2.69. The average molecular weight is 786 g/mol. The predicted molar refractivity (Wildman–Crippen MR) is 206 cm³/mol. The van der Waals surface area contributed by atoms with Gasteiger partial charge in [0.25, 0.3) is 5.91 Å². The van der Waals surface area contributed by atoms with Crippen LogP contribution in [-0.2, 0) is 29.1 Å². The van der Waals surface area contributed by atoms with Crippen LogP contribution < -0.4 is 24.8 Å². The topological polar surface area (TPSA) is 182 Å². The van der Waals surface area contributed by atoms with Crippen LogP contribution in [0.3, 0.4) is 0 Å². The lowest BCUT2D eigenvalue weighted by Gasteiger charge is -2.35. The van der Waals surface area contributed by atoms with Gasteiger partial charge in [0.05, 0.1) is 23.9 Å². The van der Waals surface area contributed by atoms with E-state index in [-0.39, 0.29) is 31.4 Å². The number of nitrogens with one attached hydrogen (secondary N) is 3. The molecule has 2 aliphatic heterocycles. The van der Waals surface area contributed by atoms with Crippen LogP contribution in [-0.4, -0.2) is 90.9 Å². The Bertz CT molecular complexity index is 2230. The molecular weight excluding hydrogens is 739 g/mol. The summed E-state index contributed by atoms with van der Waals surface area (Å²) in [5.74, 6) is -1.52. The Kier molecular flexibility index (Phi) is 9.29. The Morgan fingerprint density at radius 2 is 1.79 bits per heavy atom. The fraction of sp³-hybridized carbons (Fsp3) is 0.488. The maximum atomic E-state index is 14.7. The van der Waals surface area contributed by atoms with E-state index in [1.165, 1.54) is 11.0 Å². The number of rotatable bonds is 6. The molecule has 5 atom stereocenters. The molecule has 1 aromatic heterocycles. The number of pyridine rings is 1. The summed E-state index contributed by atoms with van der Waals surface area (Å²) < 4.78 is 46.4. The Morgan fingerprint density at radius 1 is 1.04 bits per heavy atom. The molecule has 56 heavy (non-hydrogen) atoms. The van der Waals surface area contributed by atoms with E-state index < -0.39 is 74.1 Å². The molecular formula is C41H47N5O9S. The van der Waals surface area contributed by atoms with Crippen LogP contribution in [0.4, 0.5) is 4.79 Å². The Balaban J connectivity index is 1.16. The highest BCUT2D eigenvalue weighted by molar-refractivity contribution is 7.91. The lowest BCUT2D eigenvalue weighted by molar-refractivity contribution is -0.142. The average Bonchev–Trinajstić information content (AvgIpc) is 4.08. The number of hydrogen-bond donors (Lipinski definition) is 3. The van der Waals surface area contributed by atoms with Crippen molar-refractivity contribution in [2.75, 3.05) is 19.8 Å². The fourth-order valence-electron chi connectivity index (χ4n) is 7.64. The molecule has 15 heteroatoms. The van der Waals surface area contributed by atoms with Crippen LogP contribution in [0.25, 0.3) is 22.2 Å². The summed E-state index contributed by atoms with van der Waals surface area (Å²) in [6.45, 7) is 9.58. The third kappa shape index (κ3) is 7.40. The van der Waals surface area contributed by atoms with Crippen LogP contribution in [0.2, 0.25) is 0 Å². The smallest absolute Gasteiger partial charge is 0.407 e. The number of alkyl carbamates (subject to hydrolysis) is 1. The van der Waals surface area contributed by atoms with Gasteiger partial charge in [0.2, 0.25) is 21.8 Å². The molecule has 2 unspecified atom stereocenters. The number of fused-ring (bicyclic) bond motifs is 7. The van der Waals surface area contributed by atoms with Gasteiger partial charge >= 0.3 is 6.09 Å². The van der Waals surface area contributed by atoms with E-state index in [0.29, 0.717) is 36.6 Å². The van der Waals surface area contributed by atoms with Gasteiger partial charge in [-0.1, -0.05) is 57.2 Å². The number of ether oxygens (including phenoxy) is 3. The van der Waals surface area contributed by atoms with E-state index in [0.717, 1.165) is 29.3 Å². The van der Waals surface area contributed by atoms with Crippen molar-refractivity contribution in [1.82, 2.24) is 25.2 Å². The first-order valence-corrected chi connectivity index (χ1v) is 20.7. The monoisotopic (exact) mass is 785 g/mol. The van der Waals surface area contributed by atoms with Gasteiger partial charge in [-0.15, -0.1) is 6.58 Å². The minimum Gasteiger partial charge on any atom is -0.493 e. The maximum absolute atomic E-state index is 14.7. The van der Waals surface area contributed by atoms with Gasteiger partial charge in [-0.3, -0.25) is 19.1 Å². The van der Waals surface area contributed by atoms with Crippen molar-refractivity contribution in [2.24, 2.45) is 16.7 Å². The fourth-order valence-corrected chi connectivity index (χ4v) is 9.00. The number of hydrogen-bond acceptors (Lipinski definition) is 10. The van der Waals surface area contributed by atoms with Crippen molar-refractivity contribution >= 4 is 44.7 Å². The minimum atomic E-state index is -3.91. The molecule has 4 bridgehead atoms. The first kappa shape index (κ1) is 37.7. The Labute approximate surface area is 325 Å². The molecule has 3 heterocycles. The van der Waals surface area contributed by atoms with Crippen LogP contribution in [0.15, 0.2) is 67.3 Å². The van der Waals surface area contributed by atoms with Gasteiger partial charge in [0.1, 0.15) is 47.5 Å². The second-order valence-electron chi connectivity index (χ2n) is 17.0. The molecule has 1 saturated heterocycles. The van der Waals surface area contributed by atoms with E-state index in [1.807, 2.05) is 54.6 Å². The molecule has 2 aromatic carbocycles. The van der Waals surface area contributed by atoms with Gasteiger partial charge in [-0.2, -0.15) is 0 Å². The predicted octanol–water partition coefficient (Wildman–Crippen LogP) is 4.23. The van der Waals surface area contributed by atoms with Crippen LogP contribution >= 0.6 is 0 Å². The number of nitrogens with zero attached hydrogens (tertiary/aromatic N) is 2. The van der Waals surface area contributed by atoms with Crippen molar-refractivity contribution in [3.8, 4) is 22.8 Å². The zero-order chi connectivity index (χ0) is 39.6. The molecule has 4 fully saturated rings. The lowest BCUT2D eigenvalue weighted by Crippen LogP contribution is -2.60. The zero-order valence-electron chi connectivity index (χ0n) is 31.7. The van der Waals surface area contributed by atoms with Gasteiger partial charge in [-0.05, 0) is 61.8 Å². The van der Waals surface area contributed by atoms with Crippen LogP contribution in [0.1, 0.15) is 59.3 Å². The largest absolute Gasteiger partial charge is 0.493 e. The number of para-hydroxylation sites is 1. The van der Waals surface area contributed by atoms with Crippen molar-refractivity contribution in [2.45, 2.75) is 88.3 Å². The van der Waals surface area contributed by atoms with E-state index in [4.69, 9.17) is 19.2 Å². The van der Waals surface area contributed by atoms with Crippen LogP contribution in [0.5, 0.6) is 11.5 Å². The quantitative estimate of drug-likeness (QED) is 0.306. The summed E-state index contributed by atoms with van der Waals surface area (Å²) in [5, 5.41) is 5.78.